The fraction of sp³-hybridized carbons (Fsp3) is 0.0909. The van der Waals surface area contributed by atoms with Crippen LogP contribution < -0.4 is 0 Å². The normalized spacial score (nSPS) is 11.2. The second-order valence-electron chi connectivity index (χ2n) is 3.65. The first kappa shape index (κ1) is 13.7. The molecule has 0 amide bonds. The summed E-state index contributed by atoms with van der Waals surface area (Å²) in [7, 11) is 0. The lowest BCUT2D eigenvalue weighted by atomic mass is 10.2. The van der Waals surface area contributed by atoms with Gasteiger partial charge in [-0.2, -0.15) is 18.4 Å². The van der Waals surface area contributed by atoms with E-state index in [0.29, 0.717) is 10.9 Å². The zero-order valence-electron chi connectivity index (χ0n) is 9.52. The van der Waals surface area contributed by atoms with Crippen molar-refractivity contribution in [2.24, 2.45) is 0 Å². The molecule has 0 N–H and O–H groups in total. The second-order valence-corrected chi connectivity index (χ2v) is 3.65. The smallest absolute Gasteiger partial charge is 0.282 e. The lowest BCUT2D eigenvalue weighted by Crippen LogP contribution is -2.23. The third kappa shape index (κ3) is 2.49. The largest absolute Gasteiger partial charge is 0.456 e. The Hall–Kier alpha value is -2.76. The molecule has 2 aromatic rings. The van der Waals surface area contributed by atoms with Crippen molar-refractivity contribution in [1.29, 1.82) is 5.26 Å². The summed E-state index contributed by atoms with van der Waals surface area (Å²) in [6.45, 7) is 0. The first-order chi connectivity index (χ1) is 9.32. The lowest BCUT2D eigenvalue weighted by Gasteiger charge is -2.02. The van der Waals surface area contributed by atoms with Crippen molar-refractivity contribution < 1.29 is 22.4 Å². The average Bonchev–Trinajstić information content (AvgIpc) is 2.85. The van der Waals surface area contributed by atoms with Gasteiger partial charge in [0.15, 0.2) is 5.69 Å². The Bertz CT molecular complexity index is 714. The van der Waals surface area contributed by atoms with Gasteiger partial charge in [0.2, 0.25) is 0 Å². The van der Waals surface area contributed by atoms with Crippen LogP contribution in [0.1, 0.15) is 16.1 Å². The fourth-order valence-corrected chi connectivity index (χ4v) is 1.39. The molecule has 1 aromatic carbocycles. The van der Waals surface area contributed by atoms with Gasteiger partial charge in [0, 0.05) is 0 Å². The minimum Gasteiger partial charge on any atom is -0.282 e. The molecule has 0 atom stereocenters. The van der Waals surface area contributed by atoms with Crippen LogP contribution in [0, 0.1) is 17.1 Å². The third-order valence-electron chi connectivity index (χ3n) is 2.31. The van der Waals surface area contributed by atoms with Crippen LogP contribution in [0.2, 0.25) is 0 Å². The SMILES string of the molecule is N#Cc1ccc(-n2cc(C(=O)C(F)(F)F)nn2)c(F)c1. The molecule has 0 aliphatic heterocycles. The number of aromatic nitrogens is 3. The van der Waals surface area contributed by atoms with Crippen molar-refractivity contribution in [3.05, 3.63) is 41.5 Å². The van der Waals surface area contributed by atoms with Crippen LogP contribution in [0.5, 0.6) is 0 Å². The van der Waals surface area contributed by atoms with E-state index in [-0.39, 0.29) is 11.3 Å². The molecule has 102 valence electrons. The summed E-state index contributed by atoms with van der Waals surface area (Å²) in [6.07, 6.45) is -4.41. The van der Waals surface area contributed by atoms with E-state index in [1.807, 2.05) is 0 Å². The van der Waals surface area contributed by atoms with Crippen molar-refractivity contribution in [2.75, 3.05) is 0 Å². The Morgan fingerprint density at radius 3 is 2.60 bits per heavy atom. The van der Waals surface area contributed by atoms with Crippen molar-refractivity contribution >= 4 is 5.78 Å². The van der Waals surface area contributed by atoms with Crippen LogP contribution in [0.25, 0.3) is 5.69 Å². The molecule has 0 bridgehead atoms. The first-order valence-corrected chi connectivity index (χ1v) is 5.07. The van der Waals surface area contributed by atoms with Gasteiger partial charge in [-0.15, -0.1) is 5.10 Å². The molecule has 0 aliphatic rings. The van der Waals surface area contributed by atoms with E-state index in [0.717, 1.165) is 12.1 Å². The zero-order chi connectivity index (χ0) is 14.9. The third-order valence-corrected chi connectivity index (χ3v) is 2.31. The van der Waals surface area contributed by atoms with E-state index in [2.05, 4.69) is 10.3 Å². The molecule has 5 nitrogen and oxygen atoms in total. The van der Waals surface area contributed by atoms with E-state index in [9.17, 15) is 22.4 Å². The molecule has 1 heterocycles. The number of Topliss-reactive ketones (excluding diaryl/α,β-unsaturated/α-hetero) is 1. The maximum Gasteiger partial charge on any atom is 0.456 e. The highest BCUT2D eigenvalue weighted by Gasteiger charge is 2.41. The number of hydrogen-bond donors (Lipinski definition) is 0. The Balaban J connectivity index is 2.39. The summed E-state index contributed by atoms with van der Waals surface area (Å²) < 4.78 is 50.9. The molecule has 1 aromatic heterocycles. The molecule has 2 rings (SSSR count). The van der Waals surface area contributed by atoms with Crippen LogP contribution in [0.15, 0.2) is 24.4 Å². The molecular weight excluding hydrogens is 280 g/mol. The van der Waals surface area contributed by atoms with Crippen LogP contribution in [-0.4, -0.2) is 27.0 Å². The minimum absolute atomic E-state index is 0.0398. The molecule has 0 unspecified atom stereocenters. The van der Waals surface area contributed by atoms with Gasteiger partial charge >= 0.3 is 6.18 Å². The van der Waals surface area contributed by atoms with Crippen LogP contribution in [0.3, 0.4) is 0 Å². The number of carbonyl (C=O) groups is 1. The van der Waals surface area contributed by atoms with E-state index in [4.69, 9.17) is 5.26 Å². The molecular formula is C11H4F4N4O. The standard InChI is InChI=1S/C11H4F4N4O/c12-7-3-6(4-16)1-2-9(7)19-5-8(17-18-19)10(20)11(13,14)15/h1-3,5H. The summed E-state index contributed by atoms with van der Waals surface area (Å²) in [6, 6.07) is 4.99. The quantitative estimate of drug-likeness (QED) is 0.624. The molecule has 0 spiro atoms. The van der Waals surface area contributed by atoms with Gasteiger partial charge in [-0.05, 0) is 18.2 Å². The Kier molecular flexibility index (Phi) is 3.23. The van der Waals surface area contributed by atoms with E-state index in [1.165, 1.54) is 6.07 Å². The highest BCUT2D eigenvalue weighted by Crippen LogP contribution is 2.21. The number of nitriles is 1. The first-order valence-electron chi connectivity index (χ1n) is 5.07. The van der Waals surface area contributed by atoms with E-state index < -0.39 is 23.5 Å². The molecule has 0 aliphatic carbocycles. The molecule has 0 saturated carbocycles. The van der Waals surface area contributed by atoms with E-state index >= 15 is 0 Å². The maximum atomic E-state index is 13.6. The number of hydrogen-bond acceptors (Lipinski definition) is 4. The Labute approximate surface area is 109 Å². The average molecular weight is 284 g/mol. The highest BCUT2D eigenvalue weighted by atomic mass is 19.4. The van der Waals surface area contributed by atoms with Crippen LogP contribution in [-0.2, 0) is 0 Å². The van der Waals surface area contributed by atoms with Crippen molar-refractivity contribution in [1.82, 2.24) is 15.0 Å². The summed E-state index contributed by atoms with van der Waals surface area (Å²) >= 11 is 0. The van der Waals surface area contributed by atoms with Gasteiger partial charge in [0.25, 0.3) is 5.78 Å². The van der Waals surface area contributed by atoms with Gasteiger partial charge in [0.05, 0.1) is 17.8 Å². The predicted octanol–water partition coefficient (Wildman–Crippen LogP) is 2.02. The number of alkyl halides is 3. The van der Waals surface area contributed by atoms with Gasteiger partial charge < -0.3 is 0 Å². The maximum absolute atomic E-state index is 13.6. The highest BCUT2D eigenvalue weighted by molar-refractivity contribution is 5.98. The second kappa shape index (κ2) is 4.73. The minimum atomic E-state index is -5.08. The fourth-order valence-electron chi connectivity index (χ4n) is 1.39. The number of halogens is 4. The molecule has 20 heavy (non-hydrogen) atoms. The van der Waals surface area contributed by atoms with Gasteiger partial charge in [0.1, 0.15) is 11.5 Å². The Morgan fingerprint density at radius 1 is 1.35 bits per heavy atom. The molecule has 0 fully saturated rings. The molecule has 9 heteroatoms. The number of carbonyl (C=O) groups excluding carboxylic acids is 1. The number of ketones is 1. The van der Waals surface area contributed by atoms with Crippen molar-refractivity contribution in [3.63, 3.8) is 0 Å². The number of rotatable bonds is 2. The molecule has 0 radical (unpaired) electrons. The number of nitrogens with zero attached hydrogens (tertiary/aromatic N) is 4. The summed E-state index contributed by atoms with van der Waals surface area (Å²) in [5, 5.41) is 14.9. The van der Waals surface area contributed by atoms with Crippen molar-refractivity contribution in [3.8, 4) is 11.8 Å². The van der Waals surface area contributed by atoms with Gasteiger partial charge in [-0.3, -0.25) is 4.79 Å². The molecule has 0 saturated heterocycles. The van der Waals surface area contributed by atoms with Crippen molar-refractivity contribution in [2.45, 2.75) is 6.18 Å². The van der Waals surface area contributed by atoms with E-state index in [1.54, 1.807) is 6.07 Å². The summed E-state index contributed by atoms with van der Waals surface area (Å²) in [5.41, 5.74) is -1.13. The predicted molar refractivity (Wildman–Crippen MR) is 56.4 cm³/mol. The summed E-state index contributed by atoms with van der Waals surface area (Å²) in [4.78, 5) is 10.9. The topological polar surface area (TPSA) is 71.6 Å². The monoisotopic (exact) mass is 284 g/mol. The number of benzene rings is 1. The van der Waals surface area contributed by atoms with Gasteiger partial charge in [-0.25, -0.2) is 9.07 Å². The Morgan fingerprint density at radius 2 is 2.05 bits per heavy atom. The van der Waals surface area contributed by atoms with Gasteiger partial charge in [-0.1, -0.05) is 5.21 Å². The zero-order valence-corrected chi connectivity index (χ0v) is 9.52. The lowest BCUT2D eigenvalue weighted by molar-refractivity contribution is -0.0888. The van der Waals surface area contributed by atoms with Crippen LogP contribution >= 0.6 is 0 Å². The van der Waals surface area contributed by atoms with Crippen LogP contribution in [0.4, 0.5) is 17.6 Å². The summed E-state index contributed by atoms with van der Waals surface area (Å²) in [5.74, 6) is -3.04.